The molecular formula is C14H25N5O. The summed E-state index contributed by atoms with van der Waals surface area (Å²) in [4.78, 5) is 20.2. The number of carbonyl (C=O) groups excluding carboxylic acids is 1. The summed E-state index contributed by atoms with van der Waals surface area (Å²) in [6.07, 6.45) is 1.49. The van der Waals surface area contributed by atoms with E-state index in [1.165, 1.54) is 6.33 Å². The predicted octanol–water partition coefficient (Wildman–Crippen LogP) is 1.83. The molecule has 1 aromatic rings. The Balaban J connectivity index is 2.70. The van der Waals surface area contributed by atoms with Crippen molar-refractivity contribution in [3.63, 3.8) is 0 Å². The number of amides is 1. The third kappa shape index (κ3) is 4.68. The maximum atomic E-state index is 11.7. The van der Waals surface area contributed by atoms with Gasteiger partial charge in [-0.1, -0.05) is 27.7 Å². The van der Waals surface area contributed by atoms with Crippen LogP contribution < -0.4 is 16.0 Å². The molecule has 6 heteroatoms. The first-order valence-electron chi connectivity index (χ1n) is 6.98. The van der Waals surface area contributed by atoms with E-state index in [1.54, 1.807) is 0 Å². The van der Waals surface area contributed by atoms with Gasteiger partial charge in [-0.05, 0) is 11.8 Å². The first kappa shape index (κ1) is 16.2. The highest BCUT2D eigenvalue weighted by atomic mass is 16.1. The van der Waals surface area contributed by atoms with Gasteiger partial charge in [0.1, 0.15) is 18.0 Å². The zero-order valence-electron chi connectivity index (χ0n) is 12.9. The summed E-state index contributed by atoms with van der Waals surface area (Å²) in [5.41, 5.74) is 0.992. The van der Waals surface area contributed by atoms with E-state index in [1.807, 2.05) is 7.05 Å². The molecule has 1 rings (SSSR count). The van der Waals surface area contributed by atoms with Gasteiger partial charge in [0.2, 0.25) is 5.91 Å². The summed E-state index contributed by atoms with van der Waals surface area (Å²) >= 11 is 0. The van der Waals surface area contributed by atoms with E-state index < -0.39 is 0 Å². The van der Waals surface area contributed by atoms with Crippen molar-refractivity contribution >= 4 is 17.5 Å². The number of carbonyl (C=O) groups is 1. The molecule has 3 N–H and O–H groups in total. The molecule has 0 aromatic carbocycles. The summed E-state index contributed by atoms with van der Waals surface area (Å²) < 4.78 is 0. The molecule has 112 valence electrons. The van der Waals surface area contributed by atoms with E-state index >= 15 is 0 Å². The Hall–Kier alpha value is -1.85. The number of aromatic nitrogens is 2. The summed E-state index contributed by atoms with van der Waals surface area (Å²) in [6, 6.07) is 0. The highest BCUT2D eigenvalue weighted by Gasteiger charge is 2.14. The highest BCUT2D eigenvalue weighted by Crippen LogP contribution is 2.27. The lowest BCUT2D eigenvalue weighted by molar-refractivity contribution is -0.119. The van der Waals surface area contributed by atoms with Crippen LogP contribution in [-0.4, -0.2) is 36.0 Å². The average Bonchev–Trinajstić information content (AvgIpc) is 2.41. The van der Waals surface area contributed by atoms with Gasteiger partial charge in [0.25, 0.3) is 0 Å². The molecule has 0 saturated heterocycles. The van der Waals surface area contributed by atoms with Crippen molar-refractivity contribution in [2.45, 2.75) is 33.6 Å². The minimum Gasteiger partial charge on any atom is -0.373 e. The molecular weight excluding hydrogens is 254 g/mol. The molecule has 0 aliphatic rings. The quantitative estimate of drug-likeness (QED) is 0.709. The van der Waals surface area contributed by atoms with Crippen molar-refractivity contribution < 1.29 is 4.79 Å². The van der Waals surface area contributed by atoms with E-state index in [-0.39, 0.29) is 18.4 Å². The van der Waals surface area contributed by atoms with Crippen LogP contribution in [0.3, 0.4) is 0 Å². The number of nitrogens with one attached hydrogen (secondary N) is 3. The van der Waals surface area contributed by atoms with Crippen molar-refractivity contribution in [1.29, 1.82) is 0 Å². The number of anilines is 2. The lowest BCUT2D eigenvalue weighted by atomic mass is 10.0. The molecule has 0 aliphatic heterocycles. The summed E-state index contributed by atoms with van der Waals surface area (Å²) in [6.45, 7) is 9.17. The molecule has 0 unspecified atom stereocenters. The minimum absolute atomic E-state index is 0.0296. The van der Waals surface area contributed by atoms with Crippen molar-refractivity contribution in [3.8, 4) is 0 Å². The smallest absolute Gasteiger partial charge is 0.239 e. The Morgan fingerprint density at radius 3 is 2.40 bits per heavy atom. The zero-order valence-corrected chi connectivity index (χ0v) is 12.9. The fourth-order valence-electron chi connectivity index (χ4n) is 1.83. The topological polar surface area (TPSA) is 78.9 Å². The van der Waals surface area contributed by atoms with Crippen LogP contribution in [0.25, 0.3) is 0 Å². The van der Waals surface area contributed by atoms with Crippen LogP contribution in [0.2, 0.25) is 0 Å². The van der Waals surface area contributed by atoms with E-state index in [0.717, 1.165) is 11.4 Å². The first-order valence-corrected chi connectivity index (χ1v) is 6.98. The van der Waals surface area contributed by atoms with E-state index in [4.69, 9.17) is 0 Å². The Bertz CT molecular complexity index is 445. The number of hydrogen-bond acceptors (Lipinski definition) is 5. The van der Waals surface area contributed by atoms with Crippen molar-refractivity contribution in [2.24, 2.45) is 5.92 Å². The lowest BCUT2D eigenvalue weighted by Crippen LogP contribution is -2.32. The second kappa shape index (κ2) is 7.67. The molecule has 0 saturated carbocycles. The van der Waals surface area contributed by atoms with Gasteiger partial charge in [-0.2, -0.15) is 0 Å². The normalized spacial score (nSPS) is 10.8. The fourth-order valence-corrected chi connectivity index (χ4v) is 1.83. The van der Waals surface area contributed by atoms with Gasteiger partial charge >= 0.3 is 0 Å². The largest absolute Gasteiger partial charge is 0.373 e. The molecule has 0 radical (unpaired) electrons. The Labute approximate surface area is 120 Å². The van der Waals surface area contributed by atoms with E-state index in [0.29, 0.717) is 18.3 Å². The second-order valence-electron chi connectivity index (χ2n) is 5.44. The molecule has 6 nitrogen and oxygen atoms in total. The standard InChI is InChI=1S/C14H25N5O/c1-9(2)6-16-11(20)7-17-14-12(10(3)4)13(15-5)18-8-19-14/h8-10H,6-7H2,1-5H3,(H,16,20)(H2,15,17,18,19). The highest BCUT2D eigenvalue weighted by molar-refractivity contribution is 5.80. The van der Waals surface area contributed by atoms with Crippen molar-refractivity contribution in [3.05, 3.63) is 11.9 Å². The van der Waals surface area contributed by atoms with Gasteiger partial charge in [-0.25, -0.2) is 9.97 Å². The summed E-state index contributed by atoms with van der Waals surface area (Å²) in [5.74, 6) is 2.18. The SMILES string of the molecule is CNc1ncnc(NCC(=O)NCC(C)C)c1C(C)C. The monoisotopic (exact) mass is 279 g/mol. The minimum atomic E-state index is -0.0296. The van der Waals surface area contributed by atoms with E-state index in [9.17, 15) is 4.79 Å². The van der Waals surface area contributed by atoms with Crippen LogP contribution in [-0.2, 0) is 4.79 Å². The van der Waals surface area contributed by atoms with E-state index in [2.05, 4.69) is 53.6 Å². The molecule has 0 bridgehead atoms. The molecule has 0 spiro atoms. The molecule has 0 fully saturated rings. The second-order valence-corrected chi connectivity index (χ2v) is 5.44. The van der Waals surface area contributed by atoms with Crippen LogP contribution in [0.15, 0.2) is 6.33 Å². The number of rotatable bonds is 7. The van der Waals surface area contributed by atoms with Gasteiger partial charge in [0, 0.05) is 19.2 Å². The van der Waals surface area contributed by atoms with Crippen LogP contribution in [0, 0.1) is 5.92 Å². The first-order chi connectivity index (χ1) is 9.45. The van der Waals surface area contributed by atoms with Crippen molar-refractivity contribution in [2.75, 3.05) is 30.8 Å². The third-order valence-electron chi connectivity index (χ3n) is 2.82. The molecule has 1 amide bonds. The van der Waals surface area contributed by atoms with Gasteiger partial charge in [0.15, 0.2) is 0 Å². The lowest BCUT2D eigenvalue weighted by Gasteiger charge is -2.16. The van der Waals surface area contributed by atoms with Crippen LogP contribution >= 0.6 is 0 Å². The molecule has 1 aromatic heterocycles. The molecule has 20 heavy (non-hydrogen) atoms. The Morgan fingerprint density at radius 1 is 1.20 bits per heavy atom. The molecule has 0 atom stereocenters. The van der Waals surface area contributed by atoms with Crippen LogP contribution in [0.4, 0.5) is 11.6 Å². The fraction of sp³-hybridized carbons (Fsp3) is 0.643. The maximum absolute atomic E-state index is 11.7. The van der Waals surface area contributed by atoms with Crippen LogP contribution in [0.5, 0.6) is 0 Å². The van der Waals surface area contributed by atoms with Gasteiger partial charge < -0.3 is 16.0 Å². The van der Waals surface area contributed by atoms with Gasteiger partial charge in [-0.15, -0.1) is 0 Å². The molecule has 0 aliphatic carbocycles. The number of nitrogens with zero attached hydrogens (tertiary/aromatic N) is 2. The number of hydrogen-bond donors (Lipinski definition) is 3. The molecule has 1 heterocycles. The Morgan fingerprint density at radius 2 is 1.85 bits per heavy atom. The zero-order chi connectivity index (χ0) is 15.1. The average molecular weight is 279 g/mol. The summed E-state index contributed by atoms with van der Waals surface area (Å²) in [7, 11) is 1.83. The van der Waals surface area contributed by atoms with Crippen molar-refractivity contribution in [1.82, 2.24) is 15.3 Å². The summed E-state index contributed by atoms with van der Waals surface area (Å²) in [5, 5.41) is 9.01. The Kier molecular flexibility index (Phi) is 6.21. The third-order valence-corrected chi connectivity index (χ3v) is 2.82. The maximum Gasteiger partial charge on any atom is 0.239 e. The van der Waals surface area contributed by atoms with Gasteiger partial charge in [0.05, 0.1) is 6.54 Å². The van der Waals surface area contributed by atoms with Gasteiger partial charge in [-0.3, -0.25) is 4.79 Å². The predicted molar refractivity (Wildman–Crippen MR) is 82.0 cm³/mol. The van der Waals surface area contributed by atoms with Crippen LogP contribution in [0.1, 0.15) is 39.2 Å².